The van der Waals surface area contributed by atoms with Gasteiger partial charge in [-0.15, -0.1) is 10.2 Å². The number of rotatable bonds is 5. The number of fused-ring (bicyclic) bond motifs is 3. The number of carbonyl (C=O) groups is 1. The molecule has 0 bridgehead atoms. The van der Waals surface area contributed by atoms with Crippen LogP contribution in [0.2, 0.25) is 0 Å². The molecule has 0 unspecified atom stereocenters. The first-order chi connectivity index (χ1) is 17.4. The Bertz CT molecular complexity index is 1740. The van der Waals surface area contributed by atoms with Gasteiger partial charge in [-0.05, 0) is 42.5 Å². The van der Waals surface area contributed by atoms with E-state index in [1.165, 1.54) is 24.3 Å². The second kappa shape index (κ2) is 8.69. The second-order valence-electron chi connectivity index (χ2n) is 7.66. The van der Waals surface area contributed by atoms with E-state index in [0.717, 1.165) is 32.8 Å². The smallest absolute Gasteiger partial charge is 0.274 e. The van der Waals surface area contributed by atoms with Crippen molar-refractivity contribution in [2.24, 2.45) is 0 Å². The molecule has 0 saturated carbocycles. The summed E-state index contributed by atoms with van der Waals surface area (Å²) in [7, 11) is -4.01. The molecule has 13 heteroatoms. The minimum Gasteiger partial charge on any atom is -0.301 e. The maximum atomic E-state index is 13.5. The predicted molar refractivity (Wildman–Crippen MR) is 136 cm³/mol. The Hall–Kier alpha value is -3.81. The van der Waals surface area contributed by atoms with E-state index in [1.54, 1.807) is 23.1 Å². The summed E-state index contributed by atoms with van der Waals surface area (Å²) in [6.07, 6.45) is 0. The molecule has 0 fully saturated rings. The highest BCUT2D eigenvalue weighted by atomic mass is 32.2. The van der Waals surface area contributed by atoms with E-state index in [4.69, 9.17) is 0 Å². The molecular formula is C23H15FN6O3S3. The van der Waals surface area contributed by atoms with Gasteiger partial charge in [0.2, 0.25) is 11.1 Å². The van der Waals surface area contributed by atoms with Gasteiger partial charge in [-0.25, -0.2) is 17.8 Å². The molecule has 1 N–H and O–H groups in total. The maximum Gasteiger partial charge on any atom is 0.274 e. The van der Waals surface area contributed by atoms with Gasteiger partial charge < -0.3 is 5.32 Å². The standard InChI is InChI=1S/C23H15FN6O3S3/c24-14-10-11-16-18(12-14)35-21(25-16)26-20(31)13-34-23-28-27-22-29(15-6-2-1-3-7-15)17-8-4-5-9-19(17)36(32,33)30(22)23/h1-12H,13H2,(H,25,26,31). The Morgan fingerprint density at radius 2 is 1.81 bits per heavy atom. The van der Waals surface area contributed by atoms with Crippen LogP contribution in [0.15, 0.2) is 82.8 Å². The molecule has 6 rings (SSSR count). The Labute approximate surface area is 212 Å². The Kier molecular flexibility index (Phi) is 5.47. The summed E-state index contributed by atoms with van der Waals surface area (Å²) in [5, 5.41) is 11.3. The molecule has 3 aromatic carbocycles. The molecule has 9 nitrogen and oxygen atoms in total. The van der Waals surface area contributed by atoms with Crippen LogP contribution in [0.25, 0.3) is 10.2 Å². The van der Waals surface area contributed by atoms with E-state index in [-0.39, 0.29) is 27.6 Å². The van der Waals surface area contributed by atoms with E-state index < -0.39 is 15.9 Å². The van der Waals surface area contributed by atoms with E-state index in [0.29, 0.717) is 21.0 Å². The molecule has 0 radical (unpaired) electrons. The van der Waals surface area contributed by atoms with Crippen LogP contribution in [0, 0.1) is 5.82 Å². The number of benzene rings is 3. The first kappa shape index (κ1) is 22.6. The molecule has 5 aromatic rings. The maximum absolute atomic E-state index is 13.5. The number of halogens is 1. The lowest BCUT2D eigenvalue weighted by molar-refractivity contribution is -0.113. The van der Waals surface area contributed by atoms with Crippen molar-refractivity contribution < 1.29 is 17.6 Å². The highest BCUT2D eigenvalue weighted by Crippen LogP contribution is 2.44. The van der Waals surface area contributed by atoms with Crippen molar-refractivity contribution in [1.82, 2.24) is 19.2 Å². The van der Waals surface area contributed by atoms with Crippen molar-refractivity contribution in [3.8, 4) is 0 Å². The molecule has 2 aromatic heterocycles. The van der Waals surface area contributed by atoms with Gasteiger partial charge in [0.25, 0.3) is 16.0 Å². The van der Waals surface area contributed by atoms with Crippen molar-refractivity contribution in [2.75, 3.05) is 16.0 Å². The Morgan fingerprint density at radius 1 is 1.03 bits per heavy atom. The molecule has 1 aliphatic rings. The third-order valence-electron chi connectivity index (χ3n) is 5.35. The molecule has 1 amide bonds. The van der Waals surface area contributed by atoms with Gasteiger partial charge in [0.15, 0.2) is 5.13 Å². The Morgan fingerprint density at radius 3 is 2.64 bits per heavy atom. The number of carbonyl (C=O) groups excluding carboxylic acids is 1. The average molecular weight is 539 g/mol. The van der Waals surface area contributed by atoms with Gasteiger partial charge in [-0.3, -0.25) is 9.69 Å². The molecule has 0 atom stereocenters. The zero-order valence-corrected chi connectivity index (χ0v) is 20.6. The number of thioether (sulfide) groups is 1. The van der Waals surface area contributed by atoms with Crippen LogP contribution in [0.5, 0.6) is 0 Å². The molecule has 180 valence electrons. The number of anilines is 4. The molecule has 1 aliphatic heterocycles. The van der Waals surface area contributed by atoms with Crippen molar-refractivity contribution in [2.45, 2.75) is 10.1 Å². The van der Waals surface area contributed by atoms with Gasteiger partial charge in [0, 0.05) is 5.69 Å². The van der Waals surface area contributed by atoms with Gasteiger partial charge in [-0.1, -0.05) is 53.4 Å². The minimum atomic E-state index is -4.01. The summed E-state index contributed by atoms with van der Waals surface area (Å²) in [6.45, 7) is 0. The third-order valence-corrected chi connectivity index (χ3v) is 9.04. The number of hydrogen-bond acceptors (Lipinski definition) is 9. The van der Waals surface area contributed by atoms with Crippen LogP contribution in [-0.2, 0) is 14.8 Å². The zero-order valence-electron chi connectivity index (χ0n) is 18.2. The SMILES string of the molecule is O=C(CSc1nnc2n1S(=O)(=O)c1ccccc1N2c1ccccc1)Nc1nc2ccc(F)cc2s1. The summed E-state index contributed by atoms with van der Waals surface area (Å²) >= 11 is 2.09. The second-order valence-corrected chi connectivity index (χ2v) is 11.4. The largest absolute Gasteiger partial charge is 0.301 e. The number of thiazole rings is 1. The summed E-state index contributed by atoms with van der Waals surface area (Å²) in [4.78, 5) is 18.7. The highest BCUT2D eigenvalue weighted by molar-refractivity contribution is 8.00. The summed E-state index contributed by atoms with van der Waals surface area (Å²) in [6, 6.07) is 20.1. The number of nitrogens with one attached hydrogen (secondary N) is 1. The number of nitrogens with zero attached hydrogens (tertiary/aromatic N) is 5. The lowest BCUT2D eigenvalue weighted by Crippen LogP contribution is -2.28. The van der Waals surface area contributed by atoms with Crippen LogP contribution >= 0.6 is 23.1 Å². The number of para-hydroxylation sites is 2. The minimum absolute atomic E-state index is 0.0574. The van der Waals surface area contributed by atoms with E-state index in [9.17, 15) is 17.6 Å². The number of amides is 1. The van der Waals surface area contributed by atoms with Crippen molar-refractivity contribution in [3.05, 3.63) is 78.6 Å². The third kappa shape index (κ3) is 3.81. The summed E-state index contributed by atoms with van der Waals surface area (Å²) in [5.41, 5.74) is 1.75. The number of hydrogen-bond donors (Lipinski definition) is 1. The van der Waals surface area contributed by atoms with Gasteiger partial charge in [0.1, 0.15) is 10.7 Å². The molecule has 0 spiro atoms. The van der Waals surface area contributed by atoms with Crippen molar-refractivity contribution >= 4 is 71.7 Å². The first-order valence-corrected chi connectivity index (χ1v) is 13.8. The number of aromatic nitrogens is 4. The van der Waals surface area contributed by atoms with Gasteiger partial charge in [0.05, 0.1) is 21.7 Å². The van der Waals surface area contributed by atoms with Crippen LogP contribution in [0.3, 0.4) is 0 Å². The van der Waals surface area contributed by atoms with Gasteiger partial charge >= 0.3 is 0 Å². The topological polar surface area (TPSA) is 110 Å². The predicted octanol–water partition coefficient (Wildman–Crippen LogP) is 4.78. The van der Waals surface area contributed by atoms with Crippen LogP contribution in [0.4, 0.5) is 26.8 Å². The van der Waals surface area contributed by atoms with Crippen molar-refractivity contribution in [1.29, 1.82) is 0 Å². The summed E-state index contributed by atoms with van der Waals surface area (Å²) in [5.74, 6) is -0.824. The average Bonchev–Trinajstić information content (AvgIpc) is 3.47. The van der Waals surface area contributed by atoms with E-state index in [1.807, 2.05) is 30.3 Å². The zero-order chi connectivity index (χ0) is 24.9. The molecular weight excluding hydrogens is 523 g/mol. The lowest BCUT2D eigenvalue weighted by atomic mass is 10.2. The quantitative estimate of drug-likeness (QED) is 0.313. The molecule has 0 aliphatic carbocycles. The fourth-order valence-electron chi connectivity index (χ4n) is 3.82. The first-order valence-electron chi connectivity index (χ1n) is 10.6. The van der Waals surface area contributed by atoms with Crippen molar-refractivity contribution in [3.63, 3.8) is 0 Å². The van der Waals surface area contributed by atoms with E-state index in [2.05, 4.69) is 20.5 Å². The summed E-state index contributed by atoms with van der Waals surface area (Å²) < 4.78 is 42.1. The van der Waals surface area contributed by atoms with Crippen LogP contribution in [-0.4, -0.2) is 39.2 Å². The fourth-order valence-corrected chi connectivity index (χ4v) is 7.26. The monoisotopic (exact) mass is 538 g/mol. The normalized spacial score (nSPS) is 13.9. The van der Waals surface area contributed by atoms with E-state index >= 15 is 0 Å². The van der Waals surface area contributed by atoms with Crippen LogP contribution < -0.4 is 10.2 Å². The lowest BCUT2D eigenvalue weighted by Gasteiger charge is -2.30. The Balaban J connectivity index is 1.30. The molecule has 3 heterocycles. The highest BCUT2D eigenvalue weighted by Gasteiger charge is 2.38. The van der Waals surface area contributed by atoms with Gasteiger partial charge in [-0.2, -0.15) is 3.97 Å². The molecule has 36 heavy (non-hydrogen) atoms. The fraction of sp³-hybridized carbons (Fsp3) is 0.0435. The molecule has 0 saturated heterocycles. The van der Waals surface area contributed by atoms with Crippen LogP contribution in [0.1, 0.15) is 0 Å².